The topological polar surface area (TPSA) is 32.3 Å². The Labute approximate surface area is 238 Å². The van der Waals surface area contributed by atoms with Gasteiger partial charge >= 0.3 is 0 Å². The average molecular weight is 560 g/mol. The van der Waals surface area contributed by atoms with Gasteiger partial charge in [-0.3, -0.25) is 4.79 Å². The molecule has 39 heavy (non-hydrogen) atoms. The summed E-state index contributed by atoms with van der Waals surface area (Å²) in [6, 6.07) is 30.2. The van der Waals surface area contributed by atoms with E-state index in [9.17, 15) is 9.18 Å². The molecule has 2 heterocycles. The molecule has 0 radical (unpaired) electrons. The highest BCUT2D eigenvalue weighted by Crippen LogP contribution is 2.52. The van der Waals surface area contributed by atoms with Gasteiger partial charge in [0.05, 0.1) is 22.0 Å². The zero-order chi connectivity index (χ0) is 27.0. The monoisotopic (exact) mass is 558 g/mol. The molecule has 1 spiro atoms. The smallest absolute Gasteiger partial charge is 0.239 e. The lowest BCUT2D eigenvalue weighted by Gasteiger charge is -2.42. The van der Waals surface area contributed by atoms with E-state index in [-0.39, 0.29) is 23.2 Å². The van der Waals surface area contributed by atoms with Crippen molar-refractivity contribution in [1.82, 2.24) is 5.32 Å². The summed E-state index contributed by atoms with van der Waals surface area (Å²) in [5.41, 5.74) is 4.18. The van der Waals surface area contributed by atoms with E-state index in [1.54, 1.807) is 18.2 Å². The zero-order valence-corrected chi connectivity index (χ0v) is 22.9. The van der Waals surface area contributed by atoms with Gasteiger partial charge in [-0.05, 0) is 84.9 Å². The summed E-state index contributed by atoms with van der Waals surface area (Å²) >= 11 is 12.7. The van der Waals surface area contributed by atoms with Gasteiger partial charge in [0, 0.05) is 11.1 Å². The van der Waals surface area contributed by atoms with E-state index in [0.717, 1.165) is 53.9 Å². The minimum Gasteiger partial charge on any atom is -0.317 e. The van der Waals surface area contributed by atoms with Crippen LogP contribution in [0, 0.1) is 5.82 Å². The first kappa shape index (κ1) is 26.1. The molecule has 1 amide bonds. The Hall–Kier alpha value is -3.18. The van der Waals surface area contributed by atoms with Crippen LogP contribution in [0.15, 0.2) is 97.1 Å². The minimum absolute atomic E-state index is 0.0132. The molecule has 1 fully saturated rings. The quantitative estimate of drug-likeness (QED) is 0.274. The number of carbonyl (C=O) groups excluding carboxylic acids is 1. The number of nitrogens with one attached hydrogen (secondary N) is 1. The molecule has 3 nitrogen and oxygen atoms in total. The summed E-state index contributed by atoms with van der Waals surface area (Å²) in [7, 11) is 0. The SMILES string of the molecule is O=C(C(c1ccccc1)c1ccccc1)N1c2ccc(F)cc2C2(CCNCC2)[C@H]1Cc1ccc(Cl)c(Cl)c1. The predicted molar refractivity (Wildman–Crippen MR) is 156 cm³/mol. The van der Waals surface area contributed by atoms with Gasteiger partial charge in [0.25, 0.3) is 0 Å². The lowest BCUT2D eigenvalue weighted by atomic mass is 9.68. The number of hydrogen-bond acceptors (Lipinski definition) is 2. The maximum absolute atomic E-state index is 14.9. The standard InChI is InChI=1S/C33H29Cl2FN2O/c34-27-13-11-22(19-28(27)35)20-30-33(15-17-37-18-16-33)26-21-25(36)12-14-29(26)38(30)32(39)31(23-7-3-1-4-8-23)24-9-5-2-6-10-24/h1-14,19,21,30-31,37H,15-18,20H2/t30-/m1/s1. The Morgan fingerprint density at radius 2 is 1.51 bits per heavy atom. The van der Waals surface area contributed by atoms with Crippen molar-refractivity contribution in [2.45, 2.75) is 36.6 Å². The van der Waals surface area contributed by atoms with Gasteiger partial charge in [-0.15, -0.1) is 0 Å². The van der Waals surface area contributed by atoms with Crippen molar-refractivity contribution >= 4 is 34.8 Å². The molecule has 198 valence electrons. The van der Waals surface area contributed by atoms with E-state index in [0.29, 0.717) is 16.5 Å². The summed E-state index contributed by atoms with van der Waals surface area (Å²) in [4.78, 5) is 16.9. The molecule has 0 aromatic heterocycles. The lowest BCUT2D eigenvalue weighted by Crippen LogP contribution is -2.54. The Kier molecular flexibility index (Phi) is 7.20. The number of carbonyl (C=O) groups is 1. The van der Waals surface area contributed by atoms with Crippen LogP contribution in [0.25, 0.3) is 0 Å². The fourth-order valence-electron chi connectivity index (χ4n) is 6.54. The van der Waals surface area contributed by atoms with Gasteiger partial charge in [-0.25, -0.2) is 4.39 Å². The third kappa shape index (κ3) is 4.75. The van der Waals surface area contributed by atoms with Crippen LogP contribution in [0.1, 0.15) is 41.0 Å². The molecule has 4 aromatic rings. The number of amides is 1. The van der Waals surface area contributed by atoms with Crippen molar-refractivity contribution in [1.29, 1.82) is 0 Å². The summed E-state index contributed by atoms with van der Waals surface area (Å²) in [5.74, 6) is -0.795. The van der Waals surface area contributed by atoms with Gasteiger partial charge in [-0.1, -0.05) is 89.9 Å². The number of rotatable bonds is 5. The van der Waals surface area contributed by atoms with Crippen LogP contribution in [0.2, 0.25) is 10.0 Å². The first-order chi connectivity index (χ1) is 19.0. The summed E-state index contributed by atoms with van der Waals surface area (Å²) < 4.78 is 14.8. The summed E-state index contributed by atoms with van der Waals surface area (Å²) in [6.45, 7) is 1.60. The molecule has 6 heteroatoms. The summed E-state index contributed by atoms with van der Waals surface area (Å²) in [5, 5.41) is 4.45. The fourth-order valence-corrected chi connectivity index (χ4v) is 6.86. The Morgan fingerprint density at radius 3 is 2.13 bits per heavy atom. The first-order valence-electron chi connectivity index (χ1n) is 13.4. The van der Waals surface area contributed by atoms with Crippen LogP contribution >= 0.6 is 23.2 Å². The molecule has 0 saturated carbocycles. The predicted octanol–water partition coefficient (Wildman–Crippen LogP) is 7.54. The highest BCUT2D eigenvalue weighted by molar-refractivity contribution is 6.42. The minimum atomic E-state index is -0.501. The zero-order valence-electron chi connectivity index (χ0n) is 21.4. The molecular weight excluding hydrogens is 530 g/mol. The number of benzene rings is 4. The van der Waals surface area contributed by atoms with Crippen LogP contribution in [-0.4, -0.2) is 25.0 Å². The van der Waals surface area contributed by atoms with E-state index < -0.39 is 5.92 Å². The second-order valence-corrected chi connectivity index (χ2v) is 11.3. The molecule has 1 saturated heterocycles. The van der Waals surface area contributed by atoms with Crippen LogP contribution in [0.4, 0.5) is 10.1 Å². The van der Waals surface area contributed by atoms with E-state index in [1.165, 1.54) is 6.07 Å². The Morgan fingerprint density at radius 1 is 0.872 bits per heavy atom. The van der Waals surface area contributed by atoms with Crippen molar-refractivity contribution in [3.8, 4) is 0 Å². The van der Waals surface area contributed by atoms with Crippen molar-refractivity contribution < 1.29 is 9.18 Å². The second-order valence-electron chi connectivity index (χ2n) is 10.5. The fraction of sp³-hybridized carbons (Fsp3) is 0.242. The molecule has 0 aliphatic carbocycles. The normalized spacial score (nSPS) is 17.9. The summed E-state index contributed by atoms with van der Waals surface area (Å²) in [6.07, 6.45) is 2.19. The van der Waals surface area contributed by atoms with E-state index >= 15 is 0 Å². The number of nitrogens with zero attached hydrogens (tertiary/aromatic N) is 1. The molecular formula is C33H29Cl2FN2O. The number of anilines is 1. The number of fused-ring (bicyclic) bond motifs is 2. The maximum atomic E-state index is 14.9. The Bertz CT molecular complexity index is 1450. The number of hydrogen-bond donors (Lipinski definition) is 1. The largest absolute Gasteiger partial charge is 0.317 e. The van der Waals surface area contributed by atoms with E-state index in [2.05, 4.69) is 5.32 Å². The van der Waals surface area contributed by atoms with Crippen molar-refractivity contribution in [3.63, 3.8) is 0 Å². The third-order valence-electron chi connectivity index (χ3n) is 8.36. The molecule has 6 rings (SSSR count). The van der Waals surface area contributed by atoms with Crippen molar-refractivity contribution in [2.24, 2.45) is 0 Å². The average Bonchev–Trinajstić information content (AvgIpc) is 3.20. The van der Waals surface area contributed by atoms with Crippen molar-refractivity contribution in [3.05, 3.63) is 135 Å². The number of piperidine rings is 1. The Balaban J connectivity index is 1.53. The first-order valence-corrected chi connectivity index (χ1v) is 14.1. The highest BCUT2D eigenvalue weighted by Gasteiger charge is 2.54. The van der Waals surface area contributed by atoms with Gasteiger partial charge in [0.2, 0.25) is 5.91 Å². The van der Waals surface area contributed by atoms with Crippen LogP contribution in [0.3, 0.4) is 0 Å². The van der Waals surface area contributed by atoms with Crippen LogP contribution in [0.5, 0.6) is 0 Å². The lowest BCUT2D eigenvalue weighted by molar-refractivity contribution is -0.119. The number of halogens is 3. The molecule has 0 unspecified atom stereocenters. The maximum Gasteiger partial charge on any atom is 0.239 e. The highest BCUT2D eigenvalue weighted by atomic mass is 35.5. The van der Waals surface area contributed by atoms with Crippen molar-refractivity contribution in [2.75, 3.05) is 18.0 Å². The molecule has 2 aliphatic heterocycles. The molecule has 0 bridgehead atoms. The van der Waals surface area contributed by atoms with Crippen LogP contribution in [-0.2, 0) is 16.6 Å². The molecule has 2 aliphatic rings. The van der Waals surface area contributed by atoms with E-state index in [1.807, 2.05) is 77.7 Å². The second kappa shape index (κ2) is 10.8. The van der Waals surface area contributed by atoms with Gasteiger partial charge in [-0.2, -0.15) is 0 Å². The van der Waals surface area contributed by atoms with Crippen LogP contribution < -0.4 is 10.2 Å². The van der Waals surface area contributed by atoms with Gasteiger partial charge < -0.3 is 10.2 Å². The van der Waals surface area contributed by atoms with Gasteiger partial charge in [0.1, 0.15) is 5.82 Å². The van der Waals surface area contributed by atoms with E-state index in [4.69, 9.17) is 23.2 Å². The van der Waals surface area contributed by atoms with Gasteiger partial charge in [0.15, 0.2) is 0 Å². The molecule has 4 aromatic carbocycles. The molecule has 1 atom stereocenters. The third-order valence-corrected chi connectivity index (χ3v) is 9.10. The molecule has 1 N–H and O–H groups in total.